The molecule has 0 unspecified atom stereocenters. The lowest BCUT2D eigenvalue weighted by Crippen LogP contribution is -2.26. The molecule has 0 atom stereocenters. The number of hydrogen-bond donors (Lipinski definition) is 1. The van der Waals surface area contributed by atoms with Crippen LogP contribution in [0.3, 0.4) is 0 Å². The van der Waals surface area contributed by atoms with Crippen LogP contribution in [0.5, 0.6) is 0 Å². The van der Waals surface area contributed by atoms with E-state index in [1.165, 1.54) is 11.8 Å². The van der Waals surface area contributed by atoms with Gasteiger partial charge in [0, 0.05) is 18.8 Å². The van der Waals surface area contributed by atoms with Crippen molar-refractivity contribution in [3.05, 3.63) is 40.5 Å². The molecule has 9 heteroatoms. The number of aryl methyl sites for hydroxylation is 1. The second-order valence-electron chi connectivity index (χ2n) is 6.24. The maximum atomic E-state index is 12.8. The first-order valence-electron chi connectivity index (χ1n) is 8.15. The molecule has 3 aromatic heterocycles. The van der Waals surface area contributed by atoms with E-state index >= 15 is 0 Å². The number of anilines is 1. The van der Waals surface area contributed by atoms with Gasteiger partial charge in [0.15, 0.2) is 16.6 Å². The van der Waals surface area contributed by atoms with Crippen molar-refractivity contribution in [2.24, 2.45) is 5.92 Å². The number of carbonyl (C=O) groups is 1. The highest BCUT2D eigenvalue weighted by molar-refractivity contribution is 7.99. The molecule has 136 valence electrons. The van der Waals surface area contributed by atoms with Crippen LogP contribution in [0.15, 0.2) is 38.9 Å². The van der Waals surface area contributed by atoms with E-state index in [2.05, 4.69) is 20.4 Å². The van der Waals surface area contributed by atoms with E-state index in [4.69, 9.17) is 4.52 Å². The summed E-state index contributed by atoms with van der Waals surface area (Å²) in [7, 11) is 0. The number of thioether (sulfide) groups is 1. The topological polar surface area (TPSA) is 103 Å². The van der Waals surface area contributed by atoms with Gasteiger partial charge in [0.25, 0.3) is 5.56 Å². The van der Waals surface area contributed by atoms with Crippen LogP contribution in [-0.2, 0) is 11.3 Å². The summed E-state index contributed by atoms with van der Waals surface area (Å²) in [4.78, 5) is 33.5. The summed E-state index contributed by atoms with van der Waals surface area (Å²) in [5, 5.41) is 7.32. The minimum absolute atomic E-state index is 0.0920. The van der Waals surface area contributed by atoms with Gasteiger partial charge in [-0.15, -0.1) is 0 Å². The predicted octanol–water partition coefficient (Wildman–Crippen LogP) is 2.47. The molecule has 0 aliphatic heterocycles. The number of nitrogens with one attached hydrogen (secondary N) is 1. The molecule has 0 spiro atoms. The molecule has 3 rings (SSSR count). The molecular formula is C17H19N5O3S. The summed E-state index contributed by atoms with van der Waals surface area (Å²) in [6.45, 7) is 6.30. The van der Waals surface area contributed by atoms with Crippen molar-refractivity contribution < 1.29 is 9.32 Å². The summed E-state index contributed by atoms with van der Waals surface area (Å²) < 4.78 is 6.52. The quantitative estimate of drug-likeness (QED) is 0.523. The fourth-order valence-electron chi connectivity index (χ4n) is 2.41. The first-order chi connectivity index (χ1) is 12.4. The Balaban J connectivity index is 1.83. The van der Waals surface area contributed by atoms with Gasteiger partial charge >= 0.3 is 0 Å². The van der Waals surface area contributed by atoms with E-state index in [1.807, 2.05) is 13.8 Å². The van der Waals surface area contributed by atoms with E-state index in [-0.39, 0.29) is 23.1 Å². The smallest absolute Gasteiger partial charge is 0.263 e. The Labute approximate surface area is 154 Å². The third kappa shape index (κ3) is 4.10. The van der Waals surface area contributed by atoms with Crippen molar-refractivity contribution in [2.45, 2.75) is 32.5 Å². The summed E-state index contributed by atoms with van der Waals surface area (Å²) >= 11 is 1.19. The minimum atomic E-state index is -0.255. The Bertz CT molecular complexity index is 995. The van der Waals surface area contributed by atoms with Crippen molar-refractivity contribution in [2.75, 3.05) is 11.1 Å². The molecule has 1 N–H and O–H groups in total. The Morgan fingerprint density at radius 1 is 1.42 bits per heavy atom. The van der Waals surface area contributed by atoms with Crippen LogP contribution in [0.4, 0.5) is 5.82 Å². The molecule has 0 radical (unpaired) electrons. The van der Waals surface area contributed by atoms with Gasteiger partial charge in [-0.3, -0.25) is 14.2 Å². The Hall–Kier alpha value is -2.68. The van der Waals surface area contributed by atoms with Crippen LogP contribution >= 0.6 is 11.8 Å². The van der Waals surface area contributed by atoms with Gasteiger partial charge in [-0.1, -0.05) is 30.8 Å². The number of amides is 1. The molecule has 8 nitrogen and oxygen atoms in total. The molecule has 0 fully saturated rings. The molecule has 0 bridgehead atoms. The van der Waals surface area contributed by atoms with E-state index in [1.54, 1.807) is 35.9 Å². The van der Waals surface area contributed by atoms with Crippen LogP contribution in [0.1, 0.15) is 19.6 Å². The van der Waals surface area contributed by atoms with Gasteiger partial charge in [0.2, 0.25) is 5.91 Å². The third-order valence-corrected chi connectivity index (χ3v) is 4.45. The number of fused-ring (bicyclic) bond motifs is 1. The molecule has 26 heavy (non-hydrogen) atoms. The number of hydrogen-bond acceptors (Lipinski definition) is 7. The SMILES string of the molecule is Cc1cc(NC(=O)CSc2nc3ncccc3c(=O)n2CC(C)C)no1. The maximum Gasteiger partial charge on any atom is 0.263 e. The van der Waals surface area contributed by atoms with Crippen molar-refractivity contribution in [1.29, 1.82) is 0 Å². The van der Waals surface area contributed by atoms with E-state index < -0.39 is 0 Å². The number of nitrogens with zero attached hydrogens (tertiary/aromatic N) is 4. The lowest BCUT2D eigenvalue weighted by molar-refractivity contribution is -0.113. The van der Waals surface area contributed by atoms with Gasteiger partial charge in [-0.25, -0.2) is 9.97 Å². The van der Waals surface area contributed by atoms with Gasteiger partial charge in [0.05, 0.1) is 11.1 Å². The largest absolute Gasteiger partial charge is 0.360 e. The predicted molar refractivity (Wildman–Crippen MR) is 99.2 cm³/mol. The standard InChI is InChI=1S/C17H19N5O3S/c1-10(2)8-22-16(24)12-5-4-6-18-15(12)20-17(22)26-9-14(23)19-13-7-11(3)25-21-13/h4-7,10H,8-9H2,1-3H3,(H,19,21,23). The van der Waals surface area contributed by atoms with E-state index in [0.29, 0.717) is 34.3 Å². The van der Waals surface area contributed by atoms with Crippen LogP contribution in [0.25, 0.3) is 11.0 Å². The molecule has 0 saturated heterocycles. The highest BCUT2D eigenvalue weighted by atomic mass is 32.2. The van der Waals surface area contributed by atoms with Crippen molar-refractivity contribution >= 4 is 34.5 Å². The lowest BCUT2D eigenvalue weighted by Gasteiger charge is -2.14. The number of aromatic nitrogens is 4. The third-order valence-electron chi connectivity index (χ3n) is 3.47. The first-order valence-corrected chi connectivity index (χ1v) is 9.14. The summed E-state index contributed by atoms with van der Waals surface area (Å²) in [5.41, 5.74) is 0.236. The monoisotopic (exact) mass is 373 g/mol. The zero-order valence-electron chi connectivity index (χ0n) is 14.7. The first kappa shape index (κ1) is 18.1. The number of rotatable bonds is 6. The molecule has 1 amide bonds. The zero-order valence-corrected chi connectivity index (χ0v) is 15.5. The fourth-order valence-corrected chi connectivity index (χ4v) is 3.20. The average Bonchev–Trinajstić information content (AvgIpc) is 3.00. The molecular weight excluding hydrogens is 354 g/mol. The van der Waals surface area contributed by atoms with Crippen molar-refractivity contribution in [1.82, 2.24) is 19.7 Å². The second-order valence-corrected chi connectivity index (χ2v) is 7.18. The summed E-state index contributed by atoms with van der Waals surface area (Å²) in [6.07, 6.45) is 1.59. The van der Waals surface area contributed by atoms with Crippen LogP contribution < -0.4 is 10.9 Å². The molecule has 0 aliphatic carbocycles. The Kier molecular flexibility index (Phi) is 5.36. The summed E-state index contributed by atoms with van der Waals surface area (Å²) in [6, 6.07) is 5.06. The highest BCUT2D eigenvalue weighted by Gasteiger charge is 2.15. The van der Waals surface area contributed by atoms with Crippen LogP contribution in [0, 0.1) is 12.8 Å². The molecule has 3 aromatic rings. The van der Waals surface area contributed by atoms with Crippen molar-refractivity contribution in [3.63, 3.8) is 0 Å². The average molecular weight is 373 g/mol. The molecule has 0 aliphatic rings. The maximum absolute atomic E-state index is 12.8. The van der Waals surface area contributed by atoms with Gasteiger partial charge in [-0.2, -0.15) is 0 Å². The second kappa shape index (κ2) is 7.69. The van der Waals surface area contributed by atoms with Gasteiger partial charge < -0.3 is 9.84 Å². The van der Waals surface area contributed by atoms with Crippen LogP contribution in [0.2, 0.25) is 0 Å². The van der Waals surface area contributed by atoms with E-state index in [0.717, 1.165) is 0 Å². The highest BCUT2D eigenvalue weighted by Crippen LogP contribution is 2.18. The molecule has 0 saturated carbocycles. The van der Waals surface area contributed by atoms with E-state index in [9.17, 15) is 9.59 Å². The zero-order chi connectivity index (χ0) is 18.7. The fraction of sp³-hybridized carbons (Fsp3) is 0.353. The number of pyridine rings is 1. The Morgan fingerprint density at radius 2 is 2.23 bits per heavy atom. The minimum Gasteiger partial charge on any atom is -0.360 e. The van der Waals surface area contributed by atoms with Gasteiger partial charge in [0.1, 0.15) is 5.76 Å². The number of carbonyl (C=O) groups excluding carboxylic acids is 1. The Morgan fingerprint density at radius 3 is 2.92 bits per heavy atom. The normalized spacial score (nSPS) is 11.2. The molecule has 0 aromatic carbocycles. The lowest BCUT2D eigenvalue weighted by atomic mass is 10.2. The van der Waals surface area contributed by atoms with Crippen molar-refractivity contribution in [3.8, 4) is 0 Å². The van der Waals surface area contributed by atoms with Gasteiger partial charge in [-0.05, 0) is 25.0 Å². The molecule has 3 heterocycles. The van der Waals surface area contributed by atoms with Crippen LogP contribution in [-0.4, -0.2) is 31.4 Å². The summed E-state index contributed by atoms with van der Waals surface area (Å²) in [5.74, 6) is 1.07.